The summed E-state index contributed by atoms with van der Waals surface area (Å²) < 4.78 is 0. The second-order valence-corrected chi connectivity index (χ2v) is 8.32. The van der Waals surface area contributed by atoms with E-state index in [9.17, 15) is 0 Å². The molecular formula is C24H26. The third kappa shape index (κ3) is 1.86. The lowest BCUT2D eigenvalue weighted by molar-refractivity contribution is 0.0838. The molecule has 5 rings (SSSR count). The third-order valence-electron chi connectivity index (χ3n) is 7.03. The van der Waals surface area contributed by atoms with Crippen LogP contribution in [0.3, 0.4) is 0 Å². The van der Waals surface area contributed by atoms with E-state index in [1.165, 1.54) is 49.7 Å². The first-order valence-corrected chi connectivity index (χ1v) is 9.57. The van der Waals surface area contributed by atoms with Gasteiger partial charge in [-0.1, -0.05) is 53.6 Å². The Morgan fingerprint density at radius 3 is 2.71 bits per heavy atom. The molecule has 1 spiro atoms. The highest BCUT2D eigenvalue weighted by atomic mass is 14.6. The zero-order chi connectivity index (χ0) is 16.3. The molecule has 0 amide bonds. The van der Waals surface area contributed by atoms with Gasteiger partial charge in [-0.3, -0.25) is 0 Å². The van der Waals surface area contributed by atoms with Crippen molar-refractivity contribution in [2.75, 3.05) is 0 Å². The van der Waals surface area contributed by atoms with Crippen LogP contribution in [0.4, 0.5) is 0 Å². The number of hydrogen-bond acceptors (Lipinski definition) is 0. The van der Waals surface area contributed by atoms with Crippen LogP contribution in [0.1, 0.15) is 57.1 Å². The Balaban J connectivity index is 1.56. The van der Waals surface area contributed by atoms with Crippen LogP contribution >= 0.6 is 0 Å². The minimum absolute atomic E-state index is 0.472. The summed E-state index contributed by atoms with van der Waals surface area (Å²) in [6, 6.07) is 9.15. The average Bonchev–Trinajstić information content (AvgIpc) is 3.18. The van der Waals surface area contributed by atoms with Gasteiger partial charge in [0.1, 0.15) is 0 Å². The SMILES string of the molecule is CC(C)=C1C=CC([C@H]2CC[C@]23CCCC2=C3Cc3ccccc32)=C1. The normalized spacial score (nSPS) is 30.3. The van der Waals surface area contributed by atoms with Gasteiger partial charge < -0.3 is 0 Å². The van der Waals surface area contributed by atoms with E-state index in [2.05, 4.69) is 56.3 Å². The van der Waals surface area contributed by atoms with Crippen LogP contribution in [0.15, 0.2) is 64.8 Å². The molecule has 0 nitrogen and oxygen atoms in total. The topological polar surface area (TPSA) is 0 Å². The molecule has 1 aromatic carbocycles. The minimum atomic E-state index is 0.472. The summed E-state index contributed by atoms with van der Waals surface area (Å²) in [5.74, 6) is 0.755. The van der Waals surface area contributed by atoms with Crippen LogP contribution in [-0.4, -0.2) is 0 Å². The van der Waals surface area contributed by atoms with Crippen LogP contribution in [0, 0.1) is 11.3 Å². The van der Waals surface area contributed by atoms with Crippen LogP contribution < -0.4 is 0 Å². The van der Waals surface area contributed by atoms with E-state index in [4.69, 9.17) is 0 Å². The Morgan fingerprint density at radius 1 is 1.08 bits per heavy atom. The molecule has 0 saturated heterocycles. The first kappa shape index (κ1) is 14.5. The zero-order valence-corrected chi connectivity index (χ0v) is 14.9. The molecular weight excluding hydrogens is 288 g/mol. The monoisotopic (exact) mass is 314 g/mol. The van der Waals surface area contributed by atoms with Crippen molar-refractivity contribution in [2.24, 2.45) is 11.3 Å². The van der Waals surface area contributed by atoms with Crippen molar-refractivity contribution in [2.45, 2.75) is 52.4 Å². The highest BCUT2D eigenvalue weighted by molar-refractivity contribution is 5.78. The van der Waals surface area contributed by atoms with Crippen LogP contribution in [-0.2, 0) is 6.42 Å². The molecule has 24 heavy (non-hydrogen) atoms. The lowest BCUT2D eigenvalue weighted by Crippen LogP contribution is -2.44. The third-order valence-corrected chi connectivity index (χ3v) is 7.03. The average molecular weight is 314 g/mol. The van der Waals surface area contributed by atoms with Gasteiger partial charge in [0.2, 0.25) is 0 Å². The summed E-state index contributed by atoms with van der Waals surface area (Å²) in [7, 11) is 0. The Hall–Kier alpha value is -1.82. The quantitative estimate of drug-likeness (QED) is 0.562. The molecule has 2 atom stereocenters. The van der Waals surface area contributed by atoms with Crippen molar-refractivity contribution in [1.82, 2.24) is 0 Å². The molecule has 0 bridgehead atoms. The molecule has 0 heterocycles. The standard InChI is InChI=1S/C24H26/c1-16(2)17-9-10-19(14-17)22-11-13-24(22)12-5-8-21-20-7-4-3-6-18(20)15-23(21)24/h3-4,6-7,9-10,14,22H,5,8,11-13,15H2,1-2H3/t22-,24-/m1/s1. The van der Waals surface area contributed by atoms with Crippen molar-refractivity contribution < 1.29 is 0 Å². The fourth-order valence-corrected chi connectivity index (χ4v) is 5.69. The fourth-order valence-electron chi connectivity index (χ4n) is 5.69. The van der Waals surface area contributed by atoms with E-state index in [0.717, 1.165) is 5.92 Å². The van der Waals surface area contributed by atoms with Crippen LogP contribution in [0.5, 0.6) is 0 Å². The number of hydrogen-bond donors (Lipinski definition) is 0. The van der Waals surface area contributed by atoms with Gasteiger partial charge in [-0.2, -0.15) is 0 Å². The number of rotatable bonds is 1. The van der Waals surface area contributed by atoms with Gasteiger partial charge in [-0.15, -0.1) is 0 Å². The second-order valence-electron chi connectivity index (χ2n) is 8.32. The first-order valence-electron chi connectivity index (χ1n) is 9.57. The van der Waals surface area contributed by atoms with E-state index in [0.29, 0.717) is 5.41 Å². The maximum absolute atomic E-state index is 2.47. The Morgan fingerprint density at radius 2 is 1.96 bits per heavy atom. The summed E-state index contributed by atoms with van der Waals surface area (Å²) in [6.07, 6.45) is 15.3. The van der Waals surface area contributed by atoms with Crippen LogP contribution in [0.2, 0.25) is 0 Å². The van der Waals surface area contributed by atoms with Gasteiger partial charge in [-0.25, -0.2) is 0 Å². The lowest BCUT2D eigenvalue weighted by Gasteiger charge is -2.54. The van der Waals surface area contributed by atoms with E-state index in [1.54, 1.807) is 22.3 Å². The Bertz CT molecular complexity index is 839. The van der Waals surface area contributed by atoms with Crippen molar-refractivity contribution in [3.8, 4) is 0 Å². The predicted molar refractivity (Wildman–Crippen MR) is 102 cm³/mol. The summed E-state index contributed by atoms with van der Waals surface area (Å²) in [5.41, 5.74) is 11.6. The zero-order valence-electron chi connectivity index (χ0n) is 14.9. The maximum atomic E-state index is 2.47. The highest BCUT2D eigenvalue weighted by Gasteiger charge is 2.53. The number of allylic oxidation sites excluding steroid dienone is 8. The molecule has 4 aliphatic carbocycles. The summed E-state index contributed by atoms with van der Waals surface area (Å²) in [5, 5.41) is 0. The molecule has 122 valence electrons. The van der Waals surface area contributed by atoms with Gasteiger partial charge >= 0.3 is 0 Å². The molecule has 0 aromatic heterocycles. The Kier molecular flexibility index (Phi) is 3.08. The number of benzene rings is 1. The second kappa shape index (κ2) is 5.09. The summed E-state index contributed by atoms with van der Waals surface area (Å²) in [6.45, 7) is 4.45. The molecule has 1 fully saturated rings. The van der Waals surface area contributed by atoms with Gasteiger partial charge in [0, 0.05) is 0 Å². The van der Waals surface area contributed by atoms with E-state index < -0.39 is 0 Å². The first-order chi connectivity index (χ1) is 11.7. The van der Waals surface area contributed by atoms with Gasteiger partial charge in [0.25, 0.3) is 0 Å². The number of fused-ring (bicyclic) bond motifs is 3. The molecule has 4 aliphatic rings. The summed E-state index contributed by atoms with van der Waals surface area (Å²) >= 11 is 0. The molecule has 0 aliphatic heterocycles. The molecule has 0 unspecified atom stereocenters. The molecule has 1 saturated carbocycles. The molecule has 0 radical (unpaired) electrons. The van der Waals surface area contributed by atoms with Crippen LogP contribution in [0.25, 0.3) is 5.57 Å². The molecule has 1 aromatic rings. The predicted octanol–water partition coefficient (Wildman–Crippen LogP) is 6.41. The fraction of sp³-hybridized carbons (Fsp3) is 0.417. The highest BCUT2D eigenvalue weighted by Crippen LogP contribution is 2.64. The smallest absolute Gasteiger partial charge is 0.000976 e. The van der Waals surface area contributed by atoms with E-state index in [1.807, 2.05) is 5.57 Å². The van der Waals surface area contributed by atoms with Crippen molar-refractivity contribution in [1.29, 1.82) is 0 Å². The van der Waals surface area contributed by atoms with Crippen molar-refractivity contribution in [3.63, 3.8) is 0 Å². The Labute approximate surface area is 145 Å². The van der Waals surface area contributed by atoms with Crippen molar-refractivity contribution in [3.05, 3.63) is 75.9 Å². The lowest BCUT2D eigenvalue weighted by atomic mass is 9.50. The minimum Gasteiger partial charge on any atom is -0.0692 e. The largest absolute Gasteiger partial charge is 0.0692 e. The van der Waals surface area contributed by atoms with Gasteiger partial charge in [0.05, 0.1) is 0 Å². The summed E-state index contributed by atoms with van der Waals surface area (Å²) in [4.78, 5) is 0. The molecule has 0 heteroatoms. The van der Waals surface area contributed by atoms with Gasteiger partial charge in [0.15, 0.2) is 0 Å². The van der Waals surface area contributed by atoms with E-state index in [-0.39, 0.29) is 0 Å². The van der Waals surface area contributed by atoms with Gasteiger partial charge in [-0.05, 0) is 91.6 Å². The molecule has 0 N–H and O–H groups in total. The maximum Gasteiger partial charge on any atom is -0.000976 e. The van der Waals surface area contributed by atoms with Crippen molar-refractivity contribution >= 4 is 5.57 Å². The van der Waals surface area contributed by atoms with E-state index >= 15 is 0 Å².